The Bertz CT molecular complexity index is 905. The van der Waals surface area contributed by atoms with E-state index >= 15 is 0 Å². The first-order valence-corrected chi connectivity index (χ1v) is 14.5. The lowest BCUT2D eigenvalue weighted by Gasteiger charge is -2.32. The lowest BCUT2D eigenvalue weighted by Crippen LogP contribution is -2.47. The molecule has 9 nitrogen and oxygen atoms in total. The number of rotatable bonds is 20. The third kappa shape index (κ3) is 11.6. The molecule has 0 radical (unpaired) electrons. The number of aliphatic hydroxyl groups is 1. The zero-order valence-corrected chi connectivity index (χ0v) is 26.2. The molecule has 0 bridgehead atoms. The van der Waals surface area contributed by atoms with Gasteiger partial charge in [0.1, 0.15) is 0 Å². The van der Waals surface area contributed by atoms with E-state index in [0.29, 0.717) is 37.1 Å². The van der Waals surface area contributed by atoms with Crippen molar-refractivity contribution in [1.82, 2.24) is 10.6 Å². The number of carbonyl (C=O) groups excluding carboxylic acids is 2. The molecule has 0 aromatic heterocycles. The molecule has 0 fully saturated rings. The van der Waals surface area contributed by atoms with E-state index in [2.05, 4.69) is 30.5 Å². The molecule has 1 rings (SSSR count). The molecular weight excluding hydrogens is 510 g/mol. The average molecular weight is 566 g/mol. The molecule has 0 spiro atoms. The van der Waals surface area contributed by atoms with Crippen molar-refractivity contribution in [2.24, 2.45) is 34.8 Å². The van der Waals surface area contributed by atoms with Crippen molar-refractivity contribution in [2.75, 3.05) is 41.0 Å². The molecular formula is C31H55N3O6. The third-order valence-corrected chi connectivity index (χ3v) is 7.82. The van der Waals surface area contributed by atoms with Gasteiger partial charge in [-0.15, -0.1) is 0 Å². The number of benzene rings is 1. The first-order chi connectivity index (χ1) is 18.8. The number of methoxy groups -OCH3 is 2. The monoisotopic (exact) mass is 565 g/mol. The first-order valence-electron chi connectivity index (χ1n) is 14.5. The summed E-state index contributed by atoms with van der Waals surface area (Å²) < 4.78 is 16.6. The van der Waals surface area contributed by atoms with E-state index < -0.39 is 23.3 Å². The smallest absolute Gasteiger partial charge is 0.224 e. The minimum Gasteiger partial charge on any atom is -0.493 e. The third-order valence-electron chi connectivity index (χ3n) is 7.82. The summed E-state index contributed by atoms with van der Waals surface area (Å²) in [5.41, 5.74) is 5.75. The van der Waals surface area contributed by atoms with E-state index in [4.69, 9.17) is 19.9 Å². The topological polar surface area (TPSA) is 132 Å². The minimum atomic E-state index is -0.843. The Morgan fingerprint density at radius 3 is 2.23 bits per heavy atom. The van der Waals surface area contributed by atoms with Crippen molar-refractivity contribution in [3.8, 4) is 11.5 Å². The van der Waals surface area contributed by atoms with Gasteiger partial charge in [0.2, 0.25) is 11.8 Å². The fourth-order valence-corrected chi connectivity index (χ4v) is 4.67. The molecule has 5 N–H and O–H groups in total. The number of primary amides is 1. The lowest BCUT2D eigenvalue weighted by molar-refractivity contribution is -0.130. The van der Waals surface area contributed by atoms with Crippen molar-refractivity contribution in [1.29, 1.82) is 0 Å². The van der Waals surface area contributed by atoms with Crippen molar-refractivity contribution in [3.05, 3.63) is 23.8 Å². The van der Waals surface area contributed by atoms with Gasteiger partial charge in [0.05, 0.1) is 25.2 Å². The van der Waals surface area contributed by atoms with Crippen LogP contribution in [0.2, 0.25) is 0 Å². The summed E-state index contributed by atoms with van der Waals surface area (Å²) in [5.74, 6) is 1.05. The Morgan fingerprint density at radius 1 is 1.02 bits per heavy atom. The maximum absolute atomic E-state index is 13.0. The van der Waals surface area contributed by atoms with Crippen molar-refractivity contribution >= 4 is 11.8 Å². The summed E-state index contributed by atoms with van der Waals surface area (Å²) in [4.78, 5) is 24.7. The van der Waals surface area contributed by atoms with Gasteiger partial charge in [0, 0.05) is 38.6 Å². The lowest BCUT2D eigenvalue weighted by atomic mass is 9.80. The number of hydrogen-bond acceptors (Lipinski definition) is 7. The SMILES string of the molecule is CN[C@@H](C[C@H](Cc1ccc(OC)c(OCCCOC)c1)C(C)C)[C@@H](O)C[C@H](C(=O)NCC(C)(C)C(N)=O)C(C)C. The maximum Gasteiger partial charge on any atom is 0.224 e. The largest absolute Gasteiger partial charge is 0.493 e. The Kier molecular flexibility index (Phi) is 15.6. The average Bonchev–Trinajstić information content (AvgIpc) is 2.90. The van der Waals surface area contributed by atoms with E-state index in [9.17, 15) is 14.7 Å². The Morgan fingerprint density at radius 2 is 1.70 bits per heavy atom. The number of carbonyl (C=O) groups is 2. The van der Waals surface area contributed by atoms with E-state index in [1.54, 1.807) is 28.1 Å². The molecule has 0 saturated heterocycles. The van der Waals surface area contributed by atoms with Gasteiger partial charge < -0.3 is 35.7 Å². The first kappa shape index (κ1) is 35.7. The van der Waals surface area contributed by atoms with Gasteiger partial charge in [-0.1, -0.05) is 33.8 Å². The molecule has 4 atom stereocenters. The summed E-state index contributed by atoms with van der Waals surface area (Å²) >= 11 is 0. The minimum absolute atomic E-state index is 0.0198. The summed E-state index contributed by atoms with van der Waals surface area (Å²) in [6, 6.07) is 5.85. The highest BCUT2D eigenvalue weighted by Gasteiger charge is 2.32. The Balaban J connectivity index is 2.95. The van der Waals surface area contributed by atoms with E-state index in [1.165, 1.54) is 0 Å². The highest BCUT2D eigenvalue weighted by Crippen LogP contribution is 2.32. The van der Waals surface area contributed by atoms with Gasteiger partial charge in [0.15, 0.2) is 11.5 Å². The summed E-state index contributed by atoms with van der Waals surface area (Å²) in [5, 5.41) is 17.5. The van der Waals surface area contributed by atoms with Crippen LogP contribution in [0.5, 0.6) is 11.5 Å². The zero-order valence-electron chi connectivity index (χ0n) is 26.2. The molecule has 0 saturated carbocycles. The van der Waals surface area contributed by atoms with Crippen molar-refractivity contribution in [2.45, 2.75) is 79.4 Å². The van der Waals surface area contributed by atoms with Crippen molar-refractivity contribution in [3.63, 3.8) is 0 Å². The van der Waals surface area contributed by atoms with Crippen LogP contribution >= 0.6 is 0 Å². The van der Waals surface area contributed by atoms with Crippen LogP contribution in [0.3, 0.4) is 0 Å². The molecule has 230 valence electrons. The van der Waals surface area contributed by atoms with Crippen LogP contribution in [0.15, 0.2) is 18.2 Å². The number of aliphatic hydroxyl groups excluding tert-OH is 1. The Hall–Kier alpha value is -2.36. The van der Waals surface area contributed by atoms with Gasteiger partial charge in [-0.3, -0.25) is 9.59 Å². The second kappa shape index (κ2) is 17.5. The molecule has 0 aliphatic heterocycles. The van der Waals surface area contributed by atoms with Gasteiger partial charge in [-0.05, 0) is 75.6 Å². The molecule has 0 aliphatic carbocycles. The molecule has 1 aromatic rings. The van der Waals surface area contributed by atoms with Gasteiger partial charge >= 0.3 is 0 Å². The number of ether oxygens (including phenoxy) is 3. The van der Waals surface area contributed by atoms with Crippen LogP contribution in [-0.2, 0) is 20.7 Å². The van der Waals surface area contributed by atoms with Crippen LogP contribution in [0.25, 0.3) is 0 Å². The molecule has 0 aliphatic rings. The predicted molar refractivity (Wildman–Crippen MR) is 159 cm³/mol. The summed E-state index contributed by atoms with van der Waals surface area (Å²) in [6.07, 6.45) is 1.95. The van der Waals surface area contributed by atoms with Gasteiger partial charge in [0.25, 0.3) is 0 Å². The summed E-state index contributed by atoms with van der Waals surface area (Å²) in [6.45, 7) is 13.1. The van der Waals surface area contributed by atoms with Crippen molar-refractivity contribution < 1.29 is 28.9 Å². The molecule has 0 unspecified atom stereocenters. The number of likely N-dealkylation sites (N-methyl/N-ethyl adjacent to an activating group) is 1. The fourth-order valence-electron chi connectivity index (χ4n) is 4.67. The van der Waals surface area contributed by atoms with E-state index in [0.717, 1.165) is 24.8 Å². The molecule has 0 heterocycles. The maximum atomic E-state index is 13.0. The highest BCUT2D eigenvalue weighted by atomic mass is 16.5. The molecule has 40 heavy (non-hydrogen) atoms. The van der Waals surface area contributed by atoms with Gasteiger partial charge in [-0.25, -0.2) is 0 Å². The zero-order chi connectivity index (χ0) is 30.5. The van der Waals surface area contributed by atoms with Crippen LogP contribution < -0.4 is 25.8 Å². The number of hydrogen-bond donors (Lipinski definition) is 4. The number of nitrogens with one attached hydrogen (secondary N) is 2. The summed E-state index contributed by atoms with van der Waals surface area (Å²) in [7, 11) is 5.16. The second-order valence-corrected chi connectivity index (χ2v) is 12.1. The van der Waals surface area contributed by atoms with Crippen LogP contribution in [0.1, 0.15) is 66.4 Å². The normalized spacial score (nSPS) is 15.0. The standard InChI is InChI=1S/C31H55N3O6/c1-20(2)23(15-22-11-12-27(39-9)28(16-22)40-14-10-13-38-8)17-25(33-7)26(35)18-24(21(3)4)29(36)34-19-31(5,6)30(32)37/h11-12,16,20-21,23-26,33,35H,10,13-15,17-19H2,1-9H3,(H2,32,37)(H,34,36)/t23-,24-,25-,26-/m0/s1. The second-order valence-electron chi connectivity index (χ2n) is 12.1. The number of amides is 2. The molecule has 9 heteroatoms. The Labute approximate surface area is 241 Å². The van der Waals surface area contributed by atoms with E-state index in [-0.39, 0.29) is 30.3 Å². The molecule has 1 aromatic carbocycles. The fraction of sp³-hybridized carbons (Fsp3) is 0.742. The number of nitrogens with two attached hydrogens (primary N) is 1. The highest BCUT2D eigenvalue weighted by molar-refractivity contribution is 5.83. The molecule has 2 amide bonds. The van der Waals surface area contributed by atoms with Crippen LogP contribution in [0.4, 0.5) is 0 Å². The predicted octanol–water partition coefficient (Wildman–Crippen LogP) is 3.55. The van der Waals surface area contributed by atoms with Crippen LogP contribution in [0, 0.1) is 29.1 Å². The quantitative estimate of drug-likeness (QED) is 0.178. The van der Waals surface area contributed by atoms with Gasteiger partial charge in [-0.2, -0.15) is 0 Å². The van der Waals surface area contributed by atoms with E-state index in [1.807, 2.05) is 33.0 Å². The van der Waals surface area contributed by atoms with Crippen LogP contribution in [-0.4, -0.2) is 70.1 Å².